The molecule has 1 saturated heterocycles. The maximum absolute atomic E-state index is 4.79. The Morgan fingerprint density at radius 2 is 2.22 bits per heavy atom. The van der Waals surface area contributed by atoms with E-state index >= 15 is 0 Å². The van der Waals surface area contributed by atoms with Gasteiger partial charge in [0, 0.05) is 24.6 Å². The van der Waals surface area contributed by atoms with Crippen molar-refractivity contribution in [2.75, 3.05) is 18.0 Å². The number of halogens is 1. The summed E-state index contributed by atoms with van der Waals surface area (Å²) in [5.41, 5.74) is 2.69. The van der Waals surface area contributed by atoms with Gasteiger partial charge in [0.25, 0.3) is 0 Å². The minimum atomic E-state index is 0.402. The van der Waals surface area contributed by atoms with Crippen LogP contribution < -0.4 is 4.90 Å². The molecule has 1 aliphatic heterocycles. The molecule has 0 radical (unpaired) electrons. The fourth-order valence-electron chi connectivity index (χ4n) is 2.70. The molecule has 3 nitrogen and oxygen atoms in total. The van der Waals surface area contributed by atoms with E-state index in [9.17, 15) is 0 Å². The van der Waals surface area contributed by atoms with Crippen LogP contribution in [0.2, 0.25) is 0 Å². The Hall–Kier alpha value is -1.03. The third-order valence-corrected chi connectivity index (χ3v) is 4.24. The third-order valence-electron chi connectivity index (χ3n) is 3.71. The van der Waals surface area contributed by atoms with Crippen molar-refractivity contribution in [2.24, 2.45) is 5.41 Å². The molecule has 0 atom stereocenters. The standard InChI is InChI=1S/C14H18BrN3/c1-14(2)6-8-17(10-14)13-11(9-15)18-7-4-3-5-12(18)16-13/h3-5,7H,6,8-10H2,1-2H3. The van der Waals surface area contributed by atoms with Crippen molar-refractivity contribution in [3.05, 3.63) is 30.1 Å². The van der Waals surface area contributed by atoms with Crippen molar-refractivity contribution in [1.29, 1.82) is 0 Å². The van der Waals surface area contributed by atoms with E-state index in [4.69, 9.17) is 4.98 Å². The molecule has 0 aliphatic carbocycles. The number of rotatable bonds is 2. The summed E-state index contributed by atoms with van der Waals surface area (Å²) < 4.78 is 2.18. The molecule has 0 amide bonds. The Labute approximate surface area is 116 Å². The second kappa shape index (κ2) is 4.26. The molecule has 0 spiro atoms. The second-order valence-electron chi connectivity index (χ2n) is 5.78. The summed E-state index contributed by atoms with van der Waals surface area (Å²) in [5, 5.41) is 0.838. The Bertz CT molecular complexity index is 573. The molecule has 1 fully saturated rings. The minimum Gasteiger partial charge on any atom is -0.355 e. The predicted octanol–water partition coefficient (Wildman–Crippen LogP) is 3.47. The van der Waals surface area contributed by atoms with Gasteiger partial charge in [-0.25, -0.2) is 4.98 Å². The zero-order valence-electron chi connectivity index (χ0n) is 10.9. The average molecular weight is 308 g/mol. The van der Waals surface area contributed by atoms with Crippen molar-refractivity contribution in [1.82, 2.24) is 9.38 Å². The second-order valence-corrected chi connectivity index (χ2v) is 6.34. The average Bonchev–Trinajstić information content (AvgIpc) is 2.88. The normalized spacial score (nSPS) is 18.7. The van der Waals surface area contributed by atoms with E-state index in [1.54, 1.807) is 0 Å². The smallest absolute Gasteiger partial charge is 0.152 e. The molecule has 2 aromatic rings. The number of nitrogens with zero attached hydrogens (tertiary/aromatic N) is 3. The number of imidazole rings is 1. The minimum absolute atomic E-state index is 0.402. The molecule has 3 rings (SSSR count). The number of pyridine rings is 1. The SMILES string of the molecule is CC1(C)CCN(c2nc3ccccn3c2CBr)C1. The predicted molar refractivity (Wildman–Crippen MR) is 78.4 cm³/mol. The van der Waals surface area contributed by atoms with Gasteiger partial charge in [0.1, 0.15) is 5.65 Å². The zero-order valence-corrected chi connectivity index (χ0v) is 12.4. The number of hydrogen-bond acceptors (Lipinski definition) is 2. The lowest BCUT2D eigenvalue weighted by Gasteiger charge is -2.20. The quantitative estimate of drug-likeness (QED) is 0.792. The first kappa shape index (κ1) is 12.0. The molecule has 18 heavy (non-hydrogen) atoms. The van der Waals surface area contributed by atoms with Crippen LogP contribution in [0.3, 0.4) is 0 Å². The van der Waals surface area contributed by atoms with Gasteiger partial charge in [-0.3, -0.25) is 0 Å². The maximum Gasteiger partial charge on any atom is 0.152 e. The van der Waals surface area contributed by atoms with Crippen LogP contribution in [0.1, 0.15) is 26.0 Å². The first-order valence-corrected chi connectivity index (χ1v) is 7.50. The lowest BCUT2D eigenvalue weighted by atomic mass is 9.93. The Morgan fingerprint density at radius 3 is 2.89 bits per heavy atom. The van der Waals surface area contributed by atoms with Gasteiger partial charge in [-0.2, -0.15) is 0 Å². The van der Waals surface area contributed by atoms with E-state index in [2.05, 4.69) is 57.4 Å². The molecular formula is C14H18BrN3. The first-order chi connectivity index (χ1) is 8.61. The number of aromatic nitrogens is 2. The van der Waals surface area contributed by atoms with Gasteiger partial charge in [0.15, 0.2) is 5.82 Å². The molecule has 3 heterocycles. The van der Waals surface area contributed by atoms with Crippen molar-refractivity contribution in [3.8, 4) is 0 Å². The highest BCUT2D eigenvalue weighted by atomic mass is 79.9. The number of hydrogen-bond donors (Lipinski definition) is 0. The molecule has 0 N–H and O–H groups in total. The van der Waals surface area contributed by atoms with Crippen molar-refractivity contribution in [3.63, 3.8) is 0 Å². The molecule has 0 bridgehead atoms. The summed E-state index contributed by atoms with van der Waals surface area (Å²) in [6, 6.07) is 6.16. The van der Waals surface area contributed by atoms with Crippen LogP contribution in [0.4, 0.5) is 5.82 Å². The van der Waals surface area contributed by atoms with E-state index < -0.39 is 0 Å². The molecule has 0 aromatic carbocycles. The molecule has 0 saturated carbocycles. The van der Waals surface area contributed by atoms with Crippen LogP contribution in [-0.4, -0.2) is 22.5 Å². The fraction of sp³-hybridized carbons (Fsp3) is 0.500. The molecule has 96 valence electrons. The zero-order chi connectivity index (χ0) is 12.8. The summed E-state index contributed by atoms with van der Waals surface area (Å²) in [6.45, 7) is 6.86. The maximum atomic E-state index is 4.79. The summed E-state index contributed by atoms with van der Waals surface area (Å²) in [4.78, 5) is 7.21. The monoisotopic (exact) mass is 307 g/mol. The van der Waals surface area contributed by atoms with Gasteiger partial charge in [-0.15, -0.1) is 0 Å². The Balaban J connectivity index is 2.07. The van der Waals surface area contributed by atoms with Crippen LogP contribution in [0.15, 0.2) is 24.4 Å². The Kier molecular flexibility index (Phi) is 2.85. The summed E-state index contributed by atoms with van der Waals surface area (Å²) >= 11 is 3.60. The van der Waals surface area contributed by atoms with Crippen LogP contribution in [0.5, 0.6) is 0 Å². The summed E-state index contributed by atoms with van der Waals surface area (Å²) in [5.74, 6) is 1.14. The van der Waals surface area contributed by atoms with E-state index in [1.807, 2.05) is 6.07 Å². The largest absolute Gasteiger partial charge is 0.355 e. The van der Waals surface area contributed by atoms with E-state index in [0.717, 1.165) is 29.9 Å². The number of fused-ring (bicyclic) bond motifs is 1. The summed E-state index contributed by atoms with van der Waals surface area (Å²) in [7, 11) is 0. The highest BCUT2D eigenvalue weighted by Gasteiger charge is 2.31. The lowest BCUT2D eigenvalue weighted by molar-refractivity contribution is 0.418. The summed E-state index contributed by atoms with van der Waals surface area (Å²) in [6.07, 6.45) is 3.33. The fourth-order valence-corrected chi connectivity index (χ4v) is 3.23. The van der Waals surface area contributed by atoms with Gasteiger partial charge < -0.3 is 9.30 Å². The topological polar surface area (TPSA) is 20.5 Å². The molecule has 1 aliphatic rings. The molecular weight excluding hydrogens is 290 g/mol. The van der Waals surface area contributed by atoms with Gasteiger partial charge in [-0.1, -0.05) is 35.8 Å². The molecule has 4 heteroatoms. The highest BCUT2D eigenvalue weighted by molar-refractivity contribution is 9.08. The van der Waals surface area contributed by atoms with Gasteiger partial charge in [0.2, 0.25) is 0 Å². The lowest BCUT2D eigenvalue weighted by Crippen LogP contribution is -2.23. The molecule has 0 unspecified atom stereocenters. The van der Waals surface area contributed by atoms with Crippen LogP contribution >= 0.6 is 15.9 Å². The number of alkyl halides is 1. The van der Waals surface area contributed by atoms with Crippen molar-refractivity contribution < 1.29 is 0 Å². The Morgan fingerprint density at radius 1 is 1.39 bits per heavy atom. The van der Waals surface area contributed by atoms with E-state index in [-0.39, 0.29) is 0 Å². The van der Waals surface area contributed by atoms with E-state index in [0.29, 0.717) is 5.41 Å². The van der Waals surface area contributed by atoms with Gasteiger partial charge in [-0.05, 0) is 24.0 Å². The van der Waals surface area contributed by atoms with Crippen molar-refractivity contribution >= 4 is 27.4 Å². The first-order valence-electron chi connectivity index (χ1n) is 6.38. The molecule has 2 aromatic heterocycles. The number of anilines is 1. The third kappa shape index (κ3) is 1.92. The van der Waals surface area contributed by atoms with Crippen molar-refractivity contribution in [2.45, 2.75) is 25.6 Å². The van der Waals surface area contributed by atoms with E-state index in [1.165, 1.54) is 12.1 Å². The van der Waals surface area contributed by atoms with Crippen LogP contribution in [0, 0.1) is 5.41 Å². The van der Waals surface area contributed by atoms with Gasteiger partial charge >= 0.3 is 0 Å². The van der Waals surface area contributed by atoms with Crippen LogP contribution in [-0.2, 0) is 5.33 Å². The van der Waals surface area contributed by atoms with Gasteiger partial charge in [0.05, 0.1) is 5.69 Å². The van der Waals surface area contributed by atoms with Crippen LogP contribution in [0.25, 0.3) is 5.65 Å². The highest BCUT2D eigenvalue weighted by Crippen LogP contribution is 2.34.